The fourth-order valence-electron chi connectivity index (χ4n) is 2.85. The smallest absolute Gasteiger partial charge is 0.191 e. The van der Waals surface area contributed by atoms with Gasteiger partial charge in [-0.25, -0.2) is 0 Å². The van der Waals surface area contributed by atoms with E-state index in [2.05, 4.69) is 44.2 Å². The number of nitrogens with zero attached hydrogens (tertiary/aromatic N) is 4. The highest BCUT2D eigenvalue weighted by molar-refractivity contribution is 14.0. The van der Waals surface area contributed by atoms with Crippen LogP contribution in [0.15, 0.2) is 11.3 Å². The summed E-state index contributed by atoms with van der Waals surface area (Å²) in [6, 6.07) is 0.581. The monoisotopic (exact) mass is 434 g/mol. The van der Waals surface area contributed by atoms with E-state index in [4.69, 9.17) is 0 Å². The second-order valence-corrected chi connectivity index (χ2v) is 5.93. The van der Waals surface area contributed by atoms with E-state index in [1.165, 1.54) is 32.1 Å². The minimum atomic E-state index is 0. The van der Waals surface area contributed by atoms with Gasteiger partial charge in [0.2, 0.25) is 0 Å². The Kier molecular flexibility index (Phi) is 10.2. The summed E-state index contributed by atoms with van der Waals surface area (Å²) in [6.07, 6.45) is 10.4. The minimum absolute atomic E-state index is 0. The molecule has 0 saturated heterocycles. The van der Waals surface area contributed by atoms with Crippen LogP contribution in [0.25, 0.3) is 0 Å². The first-order valence-corrected chi connectivity index (χ1v) is 8.75. The van der Waals surface area contributed by atoms with Crippen LogP contribution >= 0.6 is 24.0 Å². The number of aryl methyl sites for hydroxylation is 1. The Balaban J connectivity index is 0.00000264. The largest absolute Gasteiger partial charge is 0.355 e. The van der Waals surface area contributed by atoms with E-state index in [-0.39, 0.29) is 24.0 Å². The lowest BCUT2D eigenvalue weighted by Crippen LogP contribution is -2.45. The van der Waals surface area contributed by atoms with E-state index in [0.717, 1.165) is 44.3 Å². The number of aliphatic imine (C=N–C) groups is 1. The van der Waals surface area contributed by atoms with Crippen molar-refractivity contribution >= 4 is 29.9 Å². The second-order valence-electron chi connectivity index (χ2n) is 5.93. The molecule has 6 nitrogen and oxygen atoms in total. The zero-order valence-corrected chi connectivity index (χ0v) is 16.8. The number of hydrogen-bond donors (Lipinski definition) is 2. The Bertz CT molecular complexity index is 453. The summed E-state index contributed by atoms with van der Waals surface area (Å²) in [5.41, 5.74) is 0. The van der Waals surface area contributed by atoms with Gasteiger partial charge in [0.15, 0.2) is 5.96 Å². The van der Waals surface area contributed by atoms with Crippen LogP contribution in [0.3, 0.4) is 0 Å². The second kappa shape index (κ2) is 11.6. The molecule has 0 atom stereocenters. The van der Waals surface area contributed by atoms with Crippen molar-refractivity contribution in [1.29, 1.82) is 0 Å². The Morgan fingerprint density at radius 1 is 1.30 bits per heavy atom. The maximum Gasteiger partial charge on any atom is 0.191 e. The molecular formula is C16H31IN6. The summed E-state index contributed by atoms with van der Waals surface area (Å²) >= 11 is 0. The van der Waals surface area contributed by atoms with Crippen LogP contribution in [0.1, 0.15) is 58.2 Å². The van der Waals surface area contributed by atoms with Crippen molar-refractivity contribution in [1.82, 2.24) is 25.4 Å². The third-order valence-electron chi connectivity index (χ3n) is 4.10. The third kappa shape index (κ3) is 7.05. The van der Waals surface area contributed by atoms with Crippen LogP contribution in [0.4, 0.5) is 0 Å². The molecule has 7 heteroatoms. The standard InChI is InChI=1S/C16H30N6.HI/c1-3-10-17-16(20-14-8-6-5-7-9-14)18-11-12-22-13-19-21-15(22)4-2;/h13-14H,3-12H2,1-2H3,(H2,17,18,20);1H. The predicted octanol–water partition coefficient (Wildman–Crippen LogP) is 2.74. The van der Waals surface area contributed by atoms with Gasteiger partial charge in [0.05, 0.1) is 0 Å². The first-order valence-electron chi connectivity index (χ1n) is 8.75. The minimum Gasteiger partial charge on any atom is -0.355 e. The van der Waals surface area contributed by atoms with Gasteiger partial charge in [-0.15, -0.1) is 34.2 Å². The first kappa shape index (κ1) is 20.2. The highest BCUT2D eigenvalue weighted by Crippen LogP contribution is 2.17. The molecule has 23 heavy (non-hydrogen) atoms. The number of hydrogen-bond acceptors (Lipinski definition) is 3. The highest BCUT2D eigenvalue weighted by atomic mass is 127. The Hall–Kier alpha value is -0.860. The quantitative estimate of drug-likeness (QED) is 0.394. The molecule has 2 N–H and O–H groups in total. The zero-order chi connectivity index (χ0) is 15.6. The molecule has 1 aromatic rings. The molecule has 0 aromatic carbocycles. The van der Waals surface area contributed by atoms with Crippen molar-refractivity contribution in [3.63, 3.8) is 0 Å². The predicted molar refractivity (Wildman–Crippen MR) is 105 cm³/mol. The van der Waals surface area contributed by atoms with Crippen LogP contribution in [0, 0.1) is 0 Å². The molecule has 0 spiro atoms. The molecule has 1 saturated carbocycles. The maximum absolute atomic E-state index is 4.65. The number of aromatic nitrogens is 3. The number of guanidine groups is 1. The van der Waals surface area contributed by atoms with Crippen LogP contribution in [0.5, 0.6) is 0 Å². The molecule has 132 valence electrons. The fraction of sp³-hybridized carbons (Fsp3) is 0.812. The van der Waals surface area contributed by atoms with Crippen molar-refractivity contribution in [2.75, 3.05) is 13.1 Å². The van der Waals surface area contributed by atoms with Gasteiger partial charge >= 0.3 is 0 Å². The third-order valence-corrected chi connectivity index (χ3v) is 4.10. The summed E-state index contributed by atoms with van der Waals surface area (Å²) in [7, 11) is 0. The number of halogens is 1. The summed E-state index contributed by atoms with van der Waals surface area (Å²) in [5, 5.41) is 15.1. The van der Waals surface area contributed by atoms with Crippen molar-refractivity contribution in [3.8, 4) is 0 Å². The zero-order valence-electron chi connectivity index (χ0n) is 14.4. The van der Waals surface area contributed by atoms with Crippen LogP contribution in [0.2, 0.25) is 0 Å². The van der Waals surface area contributed by atoms with E-state index in [9.17, 15) is 0 Å². The average molecular weight is 434 g/mol. The van der Waals surface area contributed by atoms with Crippen molar-refractivity contribution in [2.24, 2.45) is 4.99 Å². The molecule has 0 aliphatic heterocycles. The molecule has 0 amide bonds. The molecule has 1 aliphatic carbocycles. The topological polar surface area (TPSA) is 67.1 Å². The van der Waals surface area contributed by atoms with E-state index in [1.807, 2.05) is 0 Å². The summed E-state index contributed by atoms with van der Waals surface area (Å²) < 4.78 is 2.10. The highest BCUT2D eigenvalue weighted by Gasteiger charge is 2.14. The maximum atomic E-state index is 4.65. The Morgan fingerprint density at radius 3 is 2.78 bits per heavy atom. The van der Waals surface area contributed by atoms with Crippen LogP contribution in [-0.2, 0) is 13.0 Å². The van der Waals surface area contributed by atoms with Crippen LogP contribution < -0.4 is 10.6 Å². The normalized spacial score (nSPS) is 16.0. The number of nitrogens with one attached hydrogen (secondary N) is 2. The van der Waals surface area contributed by atoms with Crippen molar-refractivity contribution < 1.29 is 0 Å². The van der Waals surface area contributed by atoms with Gasteiger partial charge in [-0.1, -0.05) is 33.1 Å². The summed E-state index contributed by atoms with van der Waals surface area (Å²) in [6.45, 7) is 6.84. The lowest BCUT2D eigenvalue weighted by molar-refractivity contribution is 0.409. The summed E-state index contributed by atoms with van der Waals surface area (Å²) in [5.74, 6) is 1.99. The molecule has 1 fully saturated rings. The lowest BCUT2D eigenvalue weighted by atomic mass is 9.96. The van der Waals surface area contributed by atoms with Crippen LogP contribution in [-0.4, -0.2) is 39.9 Å². The first-order chi connectivity index (χ1) is 10.8. The SMILES string of the molecule is CCCN=C(NCCn1cnnc1CC)NC1CCCCC1.I. The molecule has 1 heterocycles. The van der Waals surface area contributed by atoms with Gasteiger partial charge in [-0.05, 0) is 19.3 Å². The fourth-order valence-corrected chi connectivity index (χ4v) is 2.85. The Labute approximate surface area is 157 Å². The molecular weight excluding hydrogens is 403 g/mol. The molecule has 1 aliphatic rings. The van der Waals surface area contributed by atoms with Gasteiger partial charge in [0, 0.05) is 32.1 Å². The molecule has 1 aromatic heterocycles. The van der Waals surface area contributed by atoms with Crippen molar-refractivity contribution in [2.45, 2.75) is 71.4 Å². The van der Waals surface area contributed by atoms with E-state index >= 15 is 0 Å². The molecule has 0 bridgehead atoms. The lowest BCUT2D eigenvalue weighted by Gasteiger charge is -2.25. The van der Waals surface area contributed by atoms with Crippen molar-refractivity contribution in [3.05, 3.63) is 12.2 Å². The van der Waals surface area contributed by atoms with E-state index in [0.29, 0.717) is 6.04 Å². The van der Waals surface area contributed by atoms with E-state index < -0.39 is 0 Å². The van der Waals surface area contributed by atoms with Gasteiger partial charge in [0.25, 0.3) is 0 Å². The Morgan fingerprint density at radius 2 is 2.09 bits per heavy atom. The molecule has 0 unspecified atom stereocenters. The van der Waals surface area contributed by atoms with Gasteiger partial charge in [0.1, 0.15) is 12.2 Å². The van der Waals surface area contributed by atoms with Gasteiger partial charge in [-0.2, -0.15) is 0 Å². The number of rotatable bonds is 7. The van der Waals surface area contributed by atoms with Gasteiger partial charge in [-0.3, -0.25) is 4.99 Å². The average Bonchev–Trinajstić information content (AvgIpc) is 3.01. The molecule has 2 rings (SSSR count). The van der Waals surface area contributed by atoms with Gasteiger partial charge < -0.3 is 15.2 Å². The van der Waals surface area contributed by atoms with E-state index in [1.54, 1.807) is 6.33 Å². The summed E-state index contributed by atoms with van der Waals surface area (Å²) in [4.78, 5) is 4.65. The molecule has 0 radical (unpaired) electrons.